The molecule has 0 fully saturated rings. The number of carboxylic acids is 1. The van der Waals surface area contributed by atoms with Gasteiger partial charge in [-0.3, -0.25) is 14.3 Å². The van der Waals surface area contributed by atoms with Crippen molar-refractivity contribution in [2.24, 2.45) is 0 Å². The van der Waals surface area contributed by atoms with E-state index in [-0.39, 0.29) is 19.0 Å². The van der Waals surface area contributed by atoms with Crippen molar-refractivity contribution in [2.45, 2.75) is 13.0 Å². The average Bonchev–Trinajstić information content (AvgIpc) is 2.97. The predicted octanol–water partition coefficient (Wildman–Crippen LogP) is 1.04. The Kier molecular flexibility index (Phi) is 5.09. The number of nitrogens with zero attached hydrogens (tertiary/aromatic N) is 3. The third-order valence-electron chi connectivity index (χ3n) is 3.05. The van der Waals surface area contributed by atoms with Gasteiger partial charge < -0.3 is 10.0 Å². The fourth-order valence-electron chi connectivity index (χ4n) is 2.00. The van der Waals surface area contributed by atoms with Crippen molar-refractivity contribution in [2.75, 3.05) is 13.1 Å². The average molecular weight is 287 g/mol. The molecule has 0 saturated carbocycles. The first-order chi connectivity index (χ1) is 10.1. The van der Waals surface area contributed by atoms with E-state index in [4.69, 9.17) is 5.11 Å². The molecule has 2 aromatic rings. The number of hydrogen-bond donors (Lipinski definition) is 1. The maximum Gasteiger partial charge on any atom is 0.323 e. The van der Waals surface area contributed by atoms with Crippen LogP contribution in [0.25, 0.3) is 0 Å². The van der Waals surface area contributed by atoms with Crippen LogP contribution in [0.2, 0.25) is 0 Å². The number of carbonyl (C=O) groups excluding carboxylic acids is 1. The molecule has 1 N–H and O–H groups in total. The van der Waals surface area contributed by atoms with Crippen molar-refractivity contribution in [1.29, 1.82) is 0 Å². The first-order valence-corrected chi connectivity index (χ1v) is 6.66. The summed E-state index contributed by atoms with van der Waals surface area (Å²) in [4.78, 5) is 24.4. The zero-order valence-electron chi connectivity index (χ0n) is 11.6. The number of amides is 1. The van der Waals surface area contributed by atoms with Gasteiger partial charge in [-0.2, -0.15) is 5.10 Å². The van der Waals surface area contributed by atoms with Crippen molar-refractivity contribution in [3.8, 4) is 0 Å². The molecule has 1 heterocycles. The summed E-state index contributed by atoms with van der Waals surface area (Å²) in [6.07, 6.45) is 3.88. The summed E-state index contributed by atoms with van der Waals surface area (Å²) < 4.78 is 1.49. The summed E-state index contributed by atoms with van der Waals surface area (Å²) in [5.74, 6) is -1.27. The molecule has 0 aliphatic heterocycles. The molecule has 1 amide bonds. The Bertz CT molecular complexity index is 581. The van der Waals surface area contributed by atoms with Crippen LogP contribution in [0.4, 0.5) is 0 Å². The van der Waals surface area contributed by atoms with Crippen molar-refractivity contribution < 1.29 is 14.7 Å². The fraction of sp³-hybridized carbons (Fsp3) is 0.267. The SMILES string of the molecule is O=C(O)CN(CCc1ccccc1)C(=O)Cn1cccn1. The number of carboxylic acid groups (broad SMARTS) is 1. The molecule has 2 rings (SSSR count). The van der Waals surface area contributed by atoms with E-state index in [1.807, 2.05) is 30.3 Å². The van der Waals surface area contributed by atoms with E-state index < -0.39 is 5.97 Å². The van der Waals surface area contributed by atoms with Gasteiger partial charge in [0.05, 0.1) is 0 Å². The number of hydrogen-bond acceptors (Lipinski definition) is 3. The molecule has 0 aliphatic carbocycles. The van der Waals surface area contributed by atoms with E-state index in [0.717, 1.165) is 5.56 Å². The van der Waals surface area contributed by atoms with Crippen LogP contribution in [0.5, 0.6) is 0 Å². The Balaban J connectivity index is 1.96. The van der Waals surface area contributed by atoms with Gasteiger partial charge in [-0.1, -0.05) is 30.3 Å². The largest absolute Gasteiger partial charge is 0.480 e. The molecule has 110 valence electrons. The third-order valence-corrected chi connectivity index (χ3v) is 3.05. The van der Waals surface area contributed by atoms with Gasteiger partial charge in [-0.15, -0.1) is 0 Å². The Morgan fingerprint density at radius 1 is 1.19 bits per heavy atom. The maximum atomic E-state index is 12.2. The summed E-state index contributed by atoms with van der Waals surface area (Å²) in [6, 6.07) is 11.4. The van der Waals surface area contributed by atoms with Crippen LogP contribution in [-0.4, -0.2) is 44.8 Å². The molecular weight excluding hydrogens is 270 g/mol. The van der Waals surface area contributed by atoms with Gasteiger partial charge in [0.25, 0.3) is 0 Å². The van der Waals surface area contributed by atoms with Crippen LogP contribution in [0, 0.1) is 0 Å². The van der Waals surface area contributed by atoms with E-state index in [1.54, 1.807) is 18.5 Å². The lowest BCUT2D eigenvalue weighted by Gasteiger charge is -2.20. The summed E-state index contributed by atoms with van der Waals surface area (Å²) in [7, 11) is 0. The monoisotopic (exact) mass is 287 g/mol. The van der Waals surface area contributed by atoms with Gasteiger partial charge in [-0.25, -0.2) is 0 Å². The first kappa shape index (κ1) is 14.8. The summed E-state index contributed by atoms with van der Waals surface area (Å²) in [5, 5.41) is 12.9. The molecular formula is C15H17N3O3. The highest BCUT2D eigenvalue weighted by Gasteiger charge is 2.17. The Hall–Kier alpha value is -2.63. The summed E-state index contributed by atoms with van der Waals surface area (Å²) in [5.41, 5.74) is 1.07. The van der Waals surface area contributed by atoms with Crippen LogP contribution in [0.1, 0.15) is 5.56 Å². The minimum atomic E-state index is -1.02. The Morgan fingerprint density at radius 2 is 1.95 bits per heavy atom. The van der Waals surface area contributed by atoms with Gasteiger partial charge in [0.15, 0.2) is 0 Å². The van der Waals surface area contributed by atoms with E-state index in [2.05, 4.69) is 5.10 Å². The van der Waals surface area contributed by atoms with Gasteiger partial charge in [0.2, 0.25) is 5.91 Å². The highest BCUT2D eigenvalue weighted by molar-refractivity contribution is 5.81. The van der Waals surface area contributed by atoms with Crippen molar-refractivity contribution in [3.05, 3.63) is 54.4 Å². The molecule has 0 spiro atoms. The summed E-state index contributed by atoms with van der Waals surface area (Å²) >= 11 is 0. The third kappa shape index (κ3) is 4.76. The standard InChI is InChI=1S/C15H17N3O3/c19-14(11-18-9-4-8-16-18)17(12-15(20)21)10-7-13-5-2-1-3-6-13/h1-6,8-9H,7,10-12H2,(H,20,21). The molecule has 0 radical (unpaired) electrons. The van der Waals surface area contributed by atoms with Crippen LogP contribution >= 0.6 is 0 Å². The van der Waals surface area contributed by atoms with Crippen molar-refractivity contribution >= 4 is 11.9 Å². The molecule has 0 atom stereocenters. The number of carbonyl (C=O) groups is 2. The zero-order chi connectivity index (χ0) is 15.1. The van der Waals surface area contributed by atoms with Gasteiger partial charge >= 0.3 is 5.97 Å². The van der Waals surface area contributed by atoms with E-state index in [9.17, 15) is 9.59 Å². The van der Waals surface area contributed by atoms with Crippen LogP contribution in [0.15, 0.2) is 48.8 Å². The topological polar surface area (TPSA) is 75.4 Å². The number of rotatable bonds is 7. The number of aromatic nitrogens is 2. The van der Waals surface area contributed by atoms with Crippen molar-refractivity contribution in [3.63, 3.8) is 0 Å². The fourth-order valence-corrected chi connectivity index (χ4v) is 2.00. The zero-order valence-corrected chi connectivity index (χ0v) is 11.6. The minimum absolute atomic E-state index is 0.0507. The second kappa shape index (κ2) is 7.23. The predicted molar refractivity (Wildman–Crippen MR) is 76.6 cm³/mol. The Morgan fingerprint density at radius 3 is 2.57 bits per heavy atom. The highest BCUT2D eigenvalue weighted by atomic mass is 16.4. The second-order valence-corrected chi connectivity index (χ2v) is 4.65. The van der Waals surface area contributed by atoms with E-state index in [1.165, 1.54) is 9.58 Å². The lowest BCUT2D eigenvalue weighted by Crippen LogP contribution is -2.39. The molecule has 0 unspecified atom stereocenters. The smallest absolute Gasteiger partial charge is 0.323 e. The molecule has 1 aromatic carbocycles. The molecule has 1 aromatic heterocycles. The van der Waals surface area contributed by atoms with Crippen LogP contribution < -0.4 is 0 Å². The lowest BCUT2D eigenvalue weighted by molar-refractivity contribution is -0.144. The minimum Gasteiger partial charge on any atom is -0.480 e. The van der Waals surface area contributed by atoms with Gasteiger partial charge in [0.1, 0.15) is 13.1 Å². The van der Waals surface area contributed by atoms with Gasteiger partial charge in [0, 0.05) is 18.9 Å². The highest BCUT2D eigenvalue weighted by Crippen LogP contribution is 2.03. The van der Waals surface area contributed by atoms with Gasteiger partial charge in [-0.05, 0) is 18.1 Å². The molecule has 6 heteroatoms. The van der Waals surface area contributed by atoms with E-state index >= 15 is 0 Å². The Labute approximate surface area is 122 Å². The summed E-state index contributed by atoms with van der Waals surface area (Å²) in [6.45, 7) is 0.123. The normalized spacial score (nSPS) is 10.3. The number of aliphatic carboxylic acids is 1. The second-order valence-electron chi connectivity index (χ2n) is 4.65. The van der Waals surface area contributed by atoms with Crippen LogP contribution in [0.3, 0.4) is 0 Å². The molecule has 0 aliphatic rings. The number of benzene rings is 1. The molecule has 0 bridgehead atoms. The molecule has 6 nitrogen and oxygen atoms in total. The van der Waals surface area contributed by atoms with Crippen molar-refractivity contribution in [1.82, 2.24) is 14.7 Å². The maximum absolute atomic E-state index is 12.2. The van der Waals surface area contributed by atoms with Crippen LogP contribution in [-0.2, 0) is 22.6 Å². The quantitative estimate of drug-likeness (QED) is 0.825. The molecule has 21 heavy (non-hydrogen) atoms. The van der Waals surface area contributed by atoms with E-state index in [0.29, 0.717) is 13.0 Å². The lowest BCUT2D eigenvalue weighted by atomic mass is 10.1. The first-order valence-electron chi connectivity index (χ1n) is 6.66. The molecule has 0 saturated heterocycles.